The summed E-state index contributed by atoms with van der Waals surface area (Å²) in [5, 5.41) is -0.233. The lowest BCUT2D eigenvalue weighted by Gasteiger charge is -2.46. The first-order chi connectivity index (χ1) is 18.0. The van der Waals surface area contributed by atoms with Crippen molar-refractivity contribution in [2.45, 2.75) is 65.6 Å². The molecule has 5 heterocycles. The molecule has 202 valence electrons. The molecule has 0 N–H and O–H groups in total. The third-order valence-corrected chi connectivity index (χ3v) is 6.93. The van der Waals surface area contributed by atoms with Crippen LogP contribution < -0.4 is 4.90 Å². The van der Waals surface area contributed by atoms with Crippen molar-refractivity contribution in [1.29, 1.82) is 0 Å². The van der Waals surface area contributed by atoms with Crippen LogP contribution in [-0.2, 0) is 9.47 Å². The lowest BCUT2D eigenvalue weighted by atomic mass is 10.0. The molecule has 38 heavy (non-hydrogen) atoms. The van der Waals surface area contributed by atoms with Gasteiger partial charge in [-0.2, -0.15) is 0 Å². The van der Waals surface area contributed by atoms with Gasteiger partial charge in [0.2, 0.25) is 6.35 Å². The lowest BCUT2D eigenvalue weighted by molar-refractivity contribution is -0.00928. The standard InChI is InChI=1S/C27H32ClFN6O3/c1-7-8-17-9-10-30-20-16(3)37-25-32-23(18-13-19(29)22(28)31-24(18)35(25)21(17)20)34-12-11-33(14-15(34)2)26(36)38-27(4,5)6/h7-10,13,15-16,25H,11-12,14H2,1-6H3/b8-7+/t15-,16?,25?/m0/s1. The molecule has 0 aliphatic carbocycles. The van der Waals surface area contributed by atoms with Crippen LogP contribution in [0.25, 0.3) is 6.08 Å². The van der Waals surface area contributed by atoms with E-state index in [9.17, 15) is 9.18 Å². The van der Waals surface area contributed by atoms with Crippen molar-refractivity contribution < 1.29 is 18.7 Å². The van der Waals surface area contributed by atoms with Crippen LogP contribution in [0.5, 0.6) is 0 Å². The predicted molar refractivity (Wildman–Crippen MR) is 144 cm³/mol. The Morgan fingerprint density at radius 1 is 1.29 bits per heavy atom. The highest BCUT2D eigenvalue weighted by molar-refractivity contribution is 6.30. The number of halogens is 2. The summed E-state index contributed by atoms with van der Waals surface area (Å²) in [7, 11) is 0. The van der Waals surface area contributed by atoms with Crippen molar-refractivity contribution in [3.05, 3.63) is 52.2 Å². The van der Waals surface area contributed by atoms with E-state index in [1.54, 1.807) is 11.1 Å². The van der Waals surface area contributed by atoms with Crippen molar-refractivity contribution in [2.75, 3.05) is 24.5 Å². The SMILES string of the molecule is C/C=C/c1ccnc2c1N1c3nc(Cl)c(F)cc3C(N3CCN(C(=O)OC(C)(C)C)C[C@@H]3C)=NC1OC2C. The van der Waals surface area contributed by atoms with Crippen molar-refractivity contribution in [3.63, 3.8) is 0 Å². The number of aromatic nitrogens is 2. The summed E-state index contributed by atoms with van der Waals surface area (Å²) in [6, 6.07) is 3.16. The molecule has 0 radical (unpaired) electrons. The van der Waals surface area contributed by atoms with Crippen LogP contribution in [0.1, 0.15) is 64.5 Å². The highest BCUT2D eigenvalue weighted by atomic mass is 35.5. The van der Waals surface area contributed by atoms with Gasteiger partial charge in [0.25, 0.3) is 0 Å². The summed E-state index contributed by atoms with van der Waals surface area (Å²) in [5.74, 6) is 0.357. The van der Waals surface area contributed by atoms with Crippen LogP contribution in [-0.4, -0.2) is 69.3 Å². The maximum atomic E-state index is 14.8. The first kappa shape index (κ1) is 26.4. The van der Waals surface area contributed by atoms with Gasteiger partial charge in [0.1, 0.15) is 23.4 Å². The number of allylic oxidation sites excluding steroid dienone is 1. The second kappa shape index (κ2) is 9.81. The highest BCUT2D eigenvalue weighted by Crippen LogP contribution is 2.46. The first-order valence-electron chi connectivity index (χ1n) is 12.7. The van der Waals surface area contributed by atoms with Crippen LogP contribution in [0.3, 0.4) is 0 Å². The molecule has 2 unspecified atom stereocenters. The van der Waals surface area contributed by atoms with Crippen LogP contribution >= 0.6 is 11.6 Å². The first-order valence-corrected chi connectivity index (χ1v) is 13.1. The largest absolute Gasteiger partial charge is 0.444 e. The predicted octanol–water partition coefficient (Wildman–Crippen LogP) is 5.52. The second-order valence-electron chi connectivity index (χ2n) is 10.7. The van der Waals surface area contributed by atoms with Crippen LogP contribution in [0, 0.1) is 5.82 Å². The molecule has 2 aromatic rings. The number of hydrogen-bond acceptors (Lipinski definition) is 8. The molecule has 11 heteroatoms. The van der Waals surface area contributed by atoms with Gasteiger partial charge in [-0.05, 0) is 53.7 Å². The van der Waals surface area contributed by atoms with Crippen molar-refractivity contribution in [3.8, 4) is 0 Å². The van der Waals surface area contributed by atoms with E-state index in [1.807, 2.05) is 64.7 Å². The summed E-state index contributed by atoms with van der Waals surface area (Å²) in [6.07, 6.45) is 4.23. The number of rotatable bonds is 1. The molecule has 3 aliphatic heterocycles. The maximum absolute atomic E-state index is 14.8. The zero-order valence-corrected chi connectivity index (χ0v) is 23.2. The number of anilines is 2. The molecule has 9 nitrogen and oxygen atoms in total. The molecule has 0 bridgehead atoms. The van der Waals surface area contributed by atoms with Crippen LogP contribution in [0.15, 0.2) is 29.4 Å². The summed E-state index contributed by atoms with van der Waals surface area (Å²) in [5.41, 5.74) is 2.38. The van der Waals surface area contributed by atoms with Gasteiger partial charge in [-0.15, -0.1) is 0 Å². The number of fused-ring (bicyclic) bond motifs is 5. The molecular weight excluding hydrogens is 511 g/mol. The van der Waals surface area contributed by atoms with Gasteiger partial charge < -0.3 is 19.3 Å². The van der Waals surface area contributed by atoms with Gasteiger partial charge >= 0.3 is 6.09 Å². The van der Waals surface area contributed by atoms with E-state index in [1.165, 1.54) is 6.07 Å². The zero-order valence-electron chi connectivity index (χ0n) is 22.4. The number of carbonyl (C=O) groups is 1. The number of pyridine rings is 2. The Balaban J connectivity index is 1.56. The maximum Gasteiger partial charge on any atom is 0.410 e. The summed E-state index contributed by atoms with van der Waals surface area (Å²) in [6.45, 7) is 12.7. The van der Waals surface area contributed by atoms with Crippen molar-refractivity contribution in [2.24, 2.45) is 4.99 Å². The Kier molecular flexibility index (Phi) is 6.81. The molecule has 3 aliphatic rings. The average molecular weight is 543 g/mol. The summed E-state index contributed by atoms with van der Waals surface area (Å²) < 4.78 is 26.7. The molecule has 0 aromatic carbocycles. The fraction of sp³-hybridized carbons (Fsp3) is 0.481. The number of hydrogen-bond donors (Lipinski definition) is 0. The van der Waals surface area contributed by atoms with Gasteiger partial charge in [-0.25, -0.2) is 19.2 Å². The number of ether oxygens (including phenoxy) is 2. The number of amides is 1. The quantitative estimate of drug-likeness (QED) is 0.439. The van der Waals surface area contributed by atoms with Crippen LogP contribution in [0.2, 0.25) is 5.15 Å². The molecule has 5 rings (SSSR count). The van der Waals surface area contributed by atoms with Gasteiger partial charge in [0, 0.05) is 37.4 Å². The van der Waals surface area contributed by atoms with E-state index in [-0.39, 0.29) is 23.4 Å². The average Bonchev–Trinajstić information content (AvgIpc) is 2.84. The minimum Gasteiger partial charge on any atom is -0.444 e. The van der Waals surface area contributed by atoms with Crippen molar-refractivity contribution >= 4 is 41.1 Å². The van der Waals surface area contributed by atoms with E-state index >= 15 is 0 Å². The summed E-state index contributed by atoms with van der Waals surface area (Å²) >= 11 is 6.21. The smallest absolute Gasteiger partial charge is 0.410 e. The Hall–Kier alpha value is -3.24. The number of piperazine rings is 1. The highest BCUT2D eigenvalue weighted by Gasteiger charge is 2.43. The fourth-order valence-corrected chi connectivity index (χ4v) is 5.18. The minimum atomic E-state index is -0.752. The van der Waals surface area contributed by atoms with Crippen LogP contribution in [0.4, 0.5) is 20.7 Å². The zero-order chi connectivity index (χ0) is 27.4. The molecule has 3 atom stereocenters. The van der Waals surface area contributed by atoms with E-state index < -0.39 is 17.8 Å². The van der Waals surface area contributed by atoms with Gasteiger partial charge in [-0.1, -0.05) is 23.8 Å². The Labute approximate surface area is 226 Å². The second-order valence-corrected chi connectivity index (χ2v) is 11.0. The van der Waals surface area contributed by atoms with Gasteiger partial charge in [0.05, 0.1) is 16.9 Å². The van der Waals surface area contributed by atoms with E-state index in [0.29, 0.717) is 36.9 Å². The molecule has 0 saturated carbocycles. The minimum absolute atomic E-state index is 0.123. The summed E-state index contributed by atoms with van der Waals surface area (Å²) in [4.78, 5) is 32.3. The molecule has 0 spiro atoms. The van der Waals surface area contributed by atoms with Crippen molar-refractivity contribution in [1.82, 2.24) is 19.8 Å². The number of nitrogens with zero attached hydrogens (tertiary/aromatic N) is 6. The third kappa shape index (κ3) is 4.71. The molecule has 1 fully saturated rings. The number of aliphatic imine (C=N–C) groups is 1. The van der Waals surface area contributed by atoms with Gasteiger partial charge in [-0.3, -0.25) is 9.88 Å². The molecule has 1 saturated heterocycles. The Morgan fingerprint density at radius 3 is 2.74 bits per heavy atom. The molecular formula is C27H32ClFN6O3. The number of amidine groups is 1. The normalized spacial score (nSPS) is 23.1. The monoisotopic (exact) mass is 542 g/mol. The lowest BCUT2D eigenvalue weighted by Crippen LogP contribution is -2.57. The van der Waals surface area contributed by atoms with E-state index in [0.717, 1.165) is 16.9 Å². The molecule has 1 amide bonds. The fourth-order valence-electron chi connectivity index (χ4n) is 5.05. The third-order valence-electron chi connectivity index (χ3n) is 6.67. The Morgan fingerprint density at radius 2 is 2.05 bits per heavy atom. The van der Waals surface area contributed by atoms with E-state index in [2.05, 4.69) is 14.9 Å². The topological polar surface area (TPSA) is 83.4 Å². The van der Waals surface area contributed by atoms with E-state index in [4.69, 9.17) is 26.1 Å². The number of carbonyl (C=O) groups excluding carboxylic acids is 1. The van der Waals surface area contributed by atoms with Gasteiger partial charge in [0.15, 0.2) is 11.0 Å². The molecule has 2 aromatic heterocycles. The Bertz CT molecular complexity index is 1330.